The first-order chi connectivity index (χ1) is 10.7. The largest absolute Gasteiger partial charge is 0.474 e. The van der Waals surface area contributed by atoms with E-state index in [4.69, 9.17) is 4.74 Å². The van der Waals surface area contributed by atoms with Crippen LogP contribution >= 0.6 is 0 Å². The van der Waals surface area contributed by atoms with Crippen LogP contribution in [-0.4, -0.2) is 21.1 Å². The fraction of sp³-hybridized carbons (Fsp3) is 0.235. The number of benzene rings is 1. The Balaban J connectivity index is 2.15. The molecule has 0 spiro atoms. The standard InChI is InChI=1S/C17H17N3O2/c1-3-22-16-17(21)20(11-13-6-4-12(2)5-7-13)15-8-9-18-10-14(15)19-16/h4-10H,3,11H2,1-2H3. The Morgan fingerprint density at radius 1 is 1.18 bits per heavy atom. The molecule has 0 aliphatic carbocycles. The highest BCUT2D eigenvalue weighted by atomic mass is 16.5. The first-order valence-corrected chi connectivity index (χ1v) is 7.22. The molecule has 0 atom stereocenters. The Hall–Kier alpha value is -2.69. The van der Waals surface area contributed by atoms with E-state index in [-0.39, 0.29) is 11.4 Å². The summed E-state index contributed by atoms with van der Waals surface area (Å²) in [6.45, 7) is 4.75. The molecular formula is C17H17N3O2. The third-order valence-corrected chi connectivity index (χ3v) is 3.46. The van der Waals surface area contributed by atoms with Gasteiger partial charge in [0.05, 0.1) is 24.9 Å². The molecule has 1 aromatic carbocycles. The maximum atomic E-state index is 12.6. The van der Waals surface area contributed by atoms with Crippen molar-refractivity contribution in [1.82, 2.24) is 14.5 Å². The van der Waals surface area contributed by atoms with Gasteiger partial charge in [-0.25, -0.2) is 4.98 Å². The molecule has 2 aromatic heterocycles. The normalized spacial score (nSPS) is 10.8. The number of pyridine rings is 1. The van der Waals surface area contributed by atoms with Gasteiger partial charge in [-0.05, 0) is 25.5 Å². The molecule has 0 fully saturated rings. The SMILES string of the molecule is CCOc1nc2cnccc2n(Cc2ccc(C)cc2)c1=O. The summed E-state index contributed by atoms with van der Waals surface area (Å²) >= 11 is 0. The van der Waals surface area contributed by atoms with Crippen LogP contribution in [0.3, 0.4) is 0 Å². The molecule has 0 unspecified atom stereocenters. The first-order valence-electron chi connectivity index (χ1n) is 7.22. The predicted molar refractivity (Wildman–Crippen MR) is 85.2 cm³/mol. The molecule has 0 radical (unpaired) electrons. The lowest BCUT2D eigenvalue weighted by atomic mass is 10.1. The number of aryl methyl sites for hydroxylation is 1. The third-order valence-electron chi connectivity index (χ3n) is 3.46. The number of hydrogen-bond donors (Lipinski definition) is 0. The smallest absolute Gasteiger partial charge is 0.314 e. The van der Waals surface area contributed by atoms with Gasteiger partial charge in [0.2, 0.25) is 0 Å². The summed E-state index contributed by atoms with van der Waals surface area (Å²) in [6.07, 6.45) is 3.30. The van der Waals surface area contributed by atoms with E-state index in [0.717, 1.165) is 11.1 Å². The van der Waals surface area contributed by atoms with Crippen molar-refractivity contribution in [3.63, 3.8) is 0 Å². The zero-order chi connectivity index (χ0) is 15.5. The van der Waals surface area contributed by atoms with Gasteiger partial charge in [-0.15, -0.1) is 0 Å². The van der Waals surface area contributed by atoms with Crippen LogP contribution in [0.25, 0.3) is 11.0 Å². The molecule has 3 aromatic rings. The lowest BCUT2D eigenvalue weighted by molar-refractivity contribution is 0.320. The quantitative estimate of drug-likeness (QED) is 0.742. The Morgan fingerprint density at radius 3 is 2.68 bits per heavy atom. The van der Waals surface area contributed by atoms with Crippen molar-refractivity contribution in [3.8, 4) is 5.88 Å². The van der Waals surface area contributed by atoms with Crippen LogP contribution in [0.4, 0.5) is 0 Å². The molecule has 22 heavy (non-hydrogen) atoms. The Labute approximate surface area is 128 Å². The van der Waals surface area contributed by atoms with E-state index in [1.165, 1.54) is 5.56 Å². The van der Waals surface area contributed by atoms with Crippen LogP contribution in [0.2, 0.25) is 0 Å². The topological polar surface area (TPSA) is 57.0 Å². The van der Waals surface area contributed by atoms with Crippen molar-refractivity contribution in [1.29, 1.82) is 0 Å². The van der Waals surface area contributed by atoms with Crippen LogP contribution < -0.4 is 10.3 Å². The van der Waals surface area contributed by atoms with Gasteiger partial charge in [-0.2, -0.15) is 0 Å². The van der Waals surface area contributed by atoms with E-state index in [1.54, 1.807) is 23.0 Å². The van der Waals surface area contributed by atoms with Crippen molar-refractivity contribution in [2.75, 3.05) is 6.61 Å². The number of fused-ring (bicyclic) bond motifs is 1. The average Bonchev–Trinajstić information content (AvgIpc) is 2.53. The van der Waals surface area contributed by atoms with Gasteiger partial charge >= 0.3 is 5.56 Å². The zero-order valence-electron chi connectivity index (χ0n) is 12.6. The van der Waals surface area contributed by atoms with E-state index in [9.17, 15) is 4.79 Å². The predicted octanol–water partition coefficient (Wildman–Crippen LogP) is 2.55. The lowest BCUT2D eigenvalue weighted by Crippen LogP contribution is -2.24. The summed E-state index contributed by atoms with van der Waals surface area (Å²) in [4.78, 5) is 20.9. The van der Waals surface area contributed by atoms with Crippen molar-refractivity contribution in [2.24, 2.45) is 0 Å². The molecule has 0 saturated heterocycles. The van der Waals surface area contributed by atoms with Gasteiger partial charge in [0.1, 0.15) is 5.52 Å². The van der Waals surface area contributed by atoms with Crippen molar-refractivity contribution in [3.05, 3.63) is 64.2 Å². The second-order valence-electron chi connectivity index (χ2n) is 5.09. The number of ether oxygens (including phenoxy) is 1. The van der Waals surface area contributed by atoms with E-state index in [0.29, 0.717) is 18.7 Å². The van der Waals surface area contributed by atoms with E-state index in [2.05, 4.69) is 9.97 Å². The monoisotopic (exact) mass is 295 g/mol. The summed E-state index contributed by atoms with van der Waals surface area (Å²) < 4.78 is 7.05. The van der Waals surface area contributed by atoms with Crippen LogP contribution in [0.5, 0.6) is 5.88 Å². The van der Waals surface area contributed by atoms with Crippen LogP contribution in [0.15, 0.2) is 47.5 Å². The van der Waals surface area contributed by atoms with Gasteiger partial charge in [0.25, 0.3) is 5.88 Å². The molecule has 0 N–H and O–H groups in total. The second kappa shape index (κ2) is 5.97. The summed E-state index contributed by atoms with van der Waals surface area (Å²) in [6, 6.07) is 9.92. The molecule has 0 saturated carbocycles. The van der Waals surface area contributed by atoms with Gasteiger partial charge < -0.3 is 4.74 Å². The molecule has 0 aliphatic heterocycles. The first kappa shape index (κ1) is 14.3. The number of rotatable bonds is 4. The van der Waals surface area contributed by atoms with Gasteiger partial charge in [-0.1, -0.05) is 29.8 Å². The molecule has 0 bridgehead atoms. The average molecular weight is 295 g/mol. The summed E-state index contributed by atoms with van der Waals surface area (Å²) in [5.41, 5.74) is 3.43. The molecule has 3 rings (SSSR count). The second-order valence-corrected chi connectivity index (χ2v) is 5.09. The molecular weight excluding hydrogens is 278 g/mol. The maximum absolute atomic E-state index is 12.6. The van der Waals surface area contributed by atoms with Crippen LogP contribution in [0.1, 0.15) is 18.1 Å². The summed E-state index contributed by atoms with van der Waals surface area (Å²) in [7, 11) is 0. The van der Waals surface area contributed by atoms with Gasteiger partial charge in [0.15, 0.2) is 0 Å². The van der Waals surface area contributed by atoms with Gasteiger partial charge in [0, 0.05) is 6.20 Å². The minimum absolute atomic E-state index is 0.120. The highest BCUT2D eigenvalue weighted by Crippen LogP contribution is 2.14. The molecule has 2 heterocycles. The number of hydrogen-bond acceptors (Lipinski definition) is 4. The Bertz CT molecular complexity index is 854. The highest BCUT2D eigenvalue weighted by Gasteiger charge is 2.12. The van der Waals surface area contributed by atoms with E-state index >= 15 is 0 Å². The fourth-order valence-electron chi connectivity index (χ4n) is 2.34. The molecule has 0 aliphatic rings. The minimum Gasteiger partial charge on any atom is -0.474 e. The minimum atomic E-state index is -0.221. The maximum Gasteiger partial charge on any atom is 0.314 e. The molecule has 112 valence electrons. The van der Waals surface area contributed by atoms with Crippen molar-refractivity contribution in [2.45, 2.75) is 20.4 Å². The van der Waals surface area contributed by atoms with E-state index < -0.39 is 0 Å². The lowest BCUT2D eigenvalue weighted by Gasteiger charge is -2.12. The zero-order valence-corrected chi connectivity index (χ0v) is 12.6. The number of aromatic nitrogens is 3. The Kier molecular flexibility index (Phi) is 3.87. The van der Waals surface area contributed by atoms with Crippen molar-refractivity contribution < 1.29 is 4.74 Å². The van der Waals surface area contributed by atoms with Crippen LogP contribution in [-0.2, 0) is 6.54 Å². The van der Waals surface area contributed by atoms with E-state index in [1.807, 2.05) is 38.1 Å². The third kappa shape index (κ3) is 2.70. The fourth-order valence-corrected chi connectivity index (χ4v) is 2.34. The van der Waals surface area contributed by atoms with Crippen molar-refractivity contribution >= 4 is 11.0 Å². The summed E-state index contributed by atoms with van der Waals surface area (Å²) in [5.74, 6) is 0.120. The number of nitrogens with zero attached hydrogens (tertiary/aromatic N) is 3. The summed E-state index contributed by atoms with van der Waals surface area (Å²) in [5, 5.41) is 0. The van der Waals surface area contributed by atoms with Gasteiger partial charge in [-0.3, -0.25) is 14.3 Å². The molecule has 0 amide bonds. The molecule has 5 heteroatoms. The molecule has 5 nitrogen and oxygen atoms in total. The van der Waals surface area contributed by atoms with Crippen LogP contribution in [0, 0.1) is 6.92 Å². The Morgan fingerprint density at radius 2 is 1.95 bits per heavy atom. The highest BCUT2D eigenvalue weighted by molar-refractivity contribution is 5.73.